The van der Waals surface area contributed by atoms with Crippen molar-refractivity contribution in [2.45, 2.75) is 13.5 Å². The molecule has 0 spiro atoms. The Balaban J connectivity index is 2.26. The molecule has 2 rings (SSSR count). The summed E-state index contributed by atoms with van der Waals surface area (Å²) in [6.45, 7) is 3.61. The van der Waals surface area contributed by atoms with Crippen molar-refractivity contribution in [2.75, 3.05) is 6.54 Å². The van der Waals surface area contributed by atoms with Gasteiger partial charge in [0, 0.05) is 24.5 Å². The molecule has 0 radical (unpaired) electrons. The van der Waals surface area contributed by atoms with Crippen LogP contribution in [0.2, 0.25) is 0 Å². The Bertz CT molecular complexity index is 483. The van der Waals surface area contributed by atoms with E-state index >= 15 is 0 Å². The molecule has 0 unspecified atom stereocenters. The van der Waals surface area contributed by atoms with Gasteiger partial charge < -0.3 is 5.32 Å². The summed E-state index contributed by atoms with van der Waals surface area (Å²) in [5, 5.41) is 3.17. The molecule has 3 heteroatoms. The van der Waals surface area contributed by atoms with Gasteiger partial charge in [-0.05, 0) is 35.9 Å². The molecule has 88 valence electrons. The minimum atomic E-state index is -0.188. The van der Waals surface area contributed by atoms with Crippen molar-refractivity contribution in [2.24, 2.45) is 0 Å². The average Bonchev–Trinajstić information content (AvgIpc) is 2.37. The summed E-state index contributed by atoms with van der Waals surface area (Å²) in [5.41, 5.74) is 2.43. The van der Waals surface area contributed by atoms with E-state index < -0.39 is 0 Å². The van der Waals surface area contributed by atoms with E-state index in [1.54, 1.807) is 18.5 Å². The Morgan fingerprint density at radius 1 is 1.18 bits per heavy atom. The van der Waals surface area contributed by atoms with E-state index in [1.807, 2.05) is 31.2 Å². The van der Waals surface area contributed by atoms with E-state index in [1.165, 1.54) is 0 Å². The van der Waals surface area contributed by atoms with Crippen molar-refractivity contribution in [3.05, 3.63) is 54.1 Å². The molecule has 0 amide bonds. The molecule has 1 heterocycles. The Labute approximate surface area is 101 Å². The predicted molar refractivity (Wildman–Crippen MR) is 67.0 cm³/mol. The maximum Gasteiger partial charge on any atom is 0.131 e. The fourth-order valence-electron chi connectivity index (χ4n) is 1.70. The van der Waals surface area contributed by atoms with Crippen molar-refractivity contribution in [3.8, 4) is 11.1 Å². The van der Waals surface area contributed by atoms with Crippen LogP contribution in [0, 0.1) is 5.82 Å². The summed E-state index contributed by atoms with van der Waals surface area (Å²) in [7, 11) is 0. The first-order valence-corrected chi connectivity index (χ1v) is 5.71. The zero-order valence-electron chi connectivity index (χ0n) is 9.78. The molecule has 2 aromatic rings. The van der Waals surface area contributed by atoms with E-state index in [2.05, 4.69) is 10.3 Å². The Kier molecular flexibility index (Phi) is 3.83. The summed E-state index contributed by atoms with van der Waals surface area (Å²) in [6, 6.07) is 8.96. The fraction of sp³-hybridized carbons (Fsp3) is 0.214. The van der Waals surface area contributed by atoms with Crippen LogP contribution in [0.1, 0.15) is 12.5 Å². The molecule has 0 fully saturated rings. The SMILES string of the molecule is CCNCc1ccc(-c2ccncc2)c(F)c1. The molecule has 1 N–H and O–H groups in total. The highest BCUT2D eigenvalue weighted by Gasteiger charge is 2.05. The van der Waals surface area contributed by atoms with Crippen LogP contribution in [-0.4, -0.2) is 11.5 Å². The molecule has 0 bridgehead atoms. The summed E-state index contributed by atoms with van der Waals surface area (Å²) in [4.78, 5) is 3.93. The van der Waals surface area contributed by atoms with Gasteiger partial charge in [0.15, 0.2) is 0 Å². The molecule has 1 aromatic heterocycles. The molecule has 2 nitrogen and oxygen atoms in total. The number of aromatic nitrogens is 1. The molecule has 0 aliphatic heterocycles. The third-order valence-corrected chi connectivity index (χ3v) is 2.60. The Hall–Kier alpha value is -1.74. The number of nitrogens with zero attached hydrogens (tertiary/aromatic N) is 1. The van der Waals surface area contributed by atoms with Gasteiger partial charge in [0.25, 0.3) is 0 Å². The second kappa shape index (κ2) is 5.55. The fourth-order valence-corrected chi connectivity index (χ4v) is 1.70. The van der Waals surface area contributed by atoms with Gasteiger partial charge in [-0.2, -0.15) is 0 Å². The molecular formula is C14H15FN2. The van der Waals surface area contributed by atoms with E-state index in [9.17, 15) is 4.39 Å². The highest BCUT2D eigenvalue weighted by atomic mass is 19.1. The molecule has 0 atom stereocenters. The summed E-state index contributed by atoms with van der Waals surface area (Å²) >= 11 is 0. The second-order valence-electron chi connectivity index (χ2n) is 3.83. The topological polar surface area (TPSA) is 24.9 Å². The third-order valence-electron chi connectivity index (χ3n) is 2.60. The lowest BCUT2D eigenvalue weighted by atomic mass is 10.0. The number of hydrogen-bond donors (Lipinski definition) is 1. The van der Waals surface area contributed by atoms with Crippen LogP contribution < -0.4 is 5.32 Å². The number of pyridine rings is 1. The maximum absolute atomic E-state index is 13.9. The third kappa shape index (κ3) is 2.88. The monoisotopic (exact) mass is 230 g/mol. The minimum absolute atomic E-state index is 0.188. The van der Waals surface area contributed by atoms with Crippen molar-refractivity contribution in [1.82, 2.24) is 10.3 Å². The summed E-state index contributed by atoms with van der Waals surface area (Å²) in [6.07, 6.45) is 3.34. The molecule has 0 aliphatic carbocycles. The minimum Gasteiger partial charge on any atom is -0.313 e. The van der Waals surface area contributed by atoms with Crippen molar-refractivity contribution in [3.63, 3.8) is 0 Å². The zero-order chi connectivity index (χ0) is 12.1. The second-order valence-corrected chi connectivity index (χ2v) is 3.83. The zero-order valence-corrected chi connectivity index (χ0v) is 9.78. The number of hydrogen-bond acceptors (Lipinski definition) is 2. The van der Waals surface area contributed by atoms with E-state index in [4.69, 9.17) is 0 Å². The van der Waals surface area contributed by atoms with Crippen LogP contribution >= 0.6 is 0 Å². The van der Waals surface area contributed by atoms with Gasteiger partial charge in [0.1, 0.15) is 5.82 Å². The van der Waals surface area contributed by atoms with E-state index in [0.29, 0.717) is 12.1 Å². The Morgan fingerprint density at radius 2 is 1.94 bits per heavy atom. The standard InChI is InChI=1S/C14H15FN2/c1-2-16-10-11-3-4-13(14(15)9-11)12-5-7-17-8-6-12/h3-9,16H,2,10H2,1H3. The van der Waals surface area contributed by atoms with Gasteiger partial charge in [-0.1, -0.05) is 19.1 Å². The van der Waals surface area contributed by atoms with Crippen LogP contribution in [-0.2, 0) is 6.54 Å². The lowest BCUT2D eigenvalue weighted by Crippen LogP contribution is -2.11. The van der Waals surface area contributed by atoms with Gasteiger partial charge in [0.05, 0.1) is 0 Å². The van der Waals surface area contributed by atoms with Gasteiger partial charge in [-0.25, -0.2) is 4.39 Å². The molecule has 0 saturated heterocycles. The lowest BCUT2D eigenvalue weighted by molar-refractivity contribution is 0.625. The smallest absolute Gasteiger partial charge is 0.131 e. The van der Waals surface area contributed by atoms with E-state index in [0.717, 1.165) is 17.7 Å². The maximum atomic E-state index is 13.9. The van der Waals surface area contributed by atoms with Crippen LogP contribution in [0.5, 0.6) is 0 Å². The van der Waals surface area contributed by atoms with E-state index in [-0.39, 0.29) is 5.82 Å². The summed E-state index contributed by atoms with van der Waals surface area (Å²) in [5.74, 6) is -0.188. The van der Waals surface area contributed by atoms with Crippen molar-refractivity contribution >= 4 is 0 Å². The molecule has 1 aromatic carbocycles. The normalized spacial score (nSPS) is 10.5. The molecular weight excluding hydrogens is 215 g/mol. The van der Waals surface area contributed by atoms with Gasteiger partial charge >= 0.3 is 0 Å². The van der Waals surface area contributed by atoms with Crippen LogP contribution in [0.15, 0.2) is 42.7 Å². The van der Waals surface area contributed by atoms with Gasteiger partial charge in [-0.3, -0.25) is 4.98 Å². The van der Waals surface area contributed by atoms with Crippen LogP contribution in [0.4, 0.5) is 4.39 Å². The number of halogens is 1. The molecule has 0 saturated carbocycles. The van der Waals surface area contributed by atoms with Crippen LogP contribution in [0.25, 0.3) is 11.1 Å². The number of nitrogens with one attached hydrogen (secondary N) is 1. The number of rotatable bonds is 4. The number of benzene rings is 1. The van der Waals surface area contributed by atoms with Crippen molar-refractivity contribution in [1.29, 1.82) is 0 Å². The first-order valence-electron chi connectivity index (χ1n) is 5.71. The Morgan fingerprint density at radius 3 is 2.59 bits per heavy atom. The highest BCUT2D eigenvalue weighted by molar-refractivity contribution is 5.63. The summed E-state index contributed by atoms with van der Waals surface area (Å²) < 4.78 is 13.9. The first-order chi connectivity index (χ1) is 8.31. The predicted octanol–water partition coefficient (Wildman–Crippen LogP) is 3.00. The first kappa shape index (κ1) is 11.7. The largest absolute Gasteiger partial charge is 0.313 e. The average molecular weight is 230 g/mol. The van der Waals surface area contributed by atoms with Crippen molar-refractivity contribution < 1.29 is 4.39 Å². The lowest BCUT2D eigenvalue weighted by Gasteiger charge is -2.06. The molecule has 0 aliphatic rings. The van der Waals surface area contributed by atoms with Crippen LogP contribution in [0.3, 0.4) is 0 Å². The van der Waals surface area contributed by atoms with Gasteiger partial charge in [-0.15, -0.1) is 0 Å². The molecule has 17 heavy (non-hydrogen) atoms. The highest BCUT2D eigenvalue weighted by Crippen LogP contribution is 2.22. The quantitative estimate of drug-likeness (QED) is 0.873. The van der Waals surface area contributed by atoms with Gasteiger partial charge in [0.2, 0.25) is 0 Å².